The van der Waals surface area contributed by atoms with Crippen LogP contribution in [0.2, 0.25) is 0 Å². The van der Waals surface area contributed by atoms with Gasteiger partial charge in [-0.1, -0.05) is 12.1 Å². The van der Waals surface area contributed by atoms with Gasteiger partial charge in [-0.2, -0.15) is 0 Å². The summed E-state index contributed by atoms with van der Waals surface area (Å²) >= 11 is 0. The van der Waals surface area contributed by atoms with Gasteiger partial charge in [0.05, 0.1) is 19.9 Å². The highest BCUT2D eigenvalue weighted by molar-refractivity contribution is 6.03. The van der Waals surface area contributed by atoms with Crippen LogP contribution in [-0.2, 0) is 0 Å². The Labute approximate surface area is 163 Å². The lowest BCUT2D eigenvalue weighted by Crippen LogP contribution is -2.15. The molecule has 7 nitrogen and oxygen atoms in total. The van der Waals surface area contributed by atoms with E-state index in [1.165, 1.54) is 12.7 Å². The zero-order valence-electron chi connectivity index (χ0n) is 16.2. The highest BCUT2D eigenvalue weighted by Gasteiger charge is 2.13. The van der Waals surface area contributed by atoms with Crippen molar-refractivity contribution in [3.05, 3.63) is 65.4 Å². The lowest BCUT2D eigenvalue weighted by atomic mass is 10.1. The first-order valence-electron chi connectivity index (χ1n) is 8.72. The van der Waals surface area contributed by atoms with Crippen LogP contribution in [0.15, 0.2) is 48.5 Å². The molecule has 0 unspecified atom stereocenters. The number of nitrogens with one attached hydrogen (secondary N) is 2. The number of anilines is 3. The summed E-state index contributed by atoms with van der Waals surface area (Å²) < 4.78 is 10.5. The Morgan fingerprint density at radius 3 is 2.43 bits per heavy atom. The summed E-state index contributed by atoms with van der Waals surface area (Å²) in [5.74, 6) is 1.30. The van der Waals surface area contributed by atoms with Crippen LogP contribution in [0.3, 0.4) is 0 Å². The van der Waals surface area contributed by atoms with E-state index >= 15 is 0 Å². The maximum Gasteiger partial charge on any atom is 0.276 e. The van der Waals surface area contributed by atoms with E-state index in [1.54, 1.807) is 37.4 Å². The maximum absolute atomic E-state index is 12.5. The molecule has 0 saturated heterocycles. The maximum atomic E-state index is 12.5. The minimum Gasteiger partial charge on any atom is -0.497 e. The molecule has 3 rings (SSSR count). The van der Waals surface area contributed by atoms with Crippen molar-refractivity contribution >= 4 is 23.1 Å². The molecule has 0 aliphatic heterocycles. The van der Waals surface area contributed by atoms with E-state index in [0.717, 1.165) is 11.3 Å². The summed E-state index contributed by atoms with van der Waals surface area (Å²) in [6.45, 7) is 4.08. The molecule has 0 fully saturated rings. The van der Waals surface area contributed by atoms with Gasteiger partial charge in [-0.15, -0.1) is 10.2 Å². The molecule has 0 atom stereocenters. The van der Waals surface area contributed by atoms with E-state index in [-0.39, 0.29) is 5.69 Å². The molecular weight excluding hydrogens is 356 g/mol. The molecule has 2 N–H and O–H groups in total. The minimum absolute atomic E-state index is 0.191. The largest absolute Gasteiger partial charge is 0.497 e. The van der Waals surface area contributed by atoms with Gasteiger partial charge in [-0.05, 0) is 55.3 Å². The van der Waals surface area contributed by atoms with E-state index in [9.17, 15) is 4.79 Å². The second kappa shape index (κ2) is 8.39. The van der Waals surface area contributed by atoms with Gasteiger partial charge in [-0.25, -0.2) is 0 Å². The molecule has 0 bridgehead atoms. The van der Waals surface area contributed by atoms with Crippen molar-refractivity contribution in [3.8, 4) is 11.5 Å². The molecule has 0 radical (unpaired) electrons. The second-order valence-electron chi connectivity index (χ2n) is 6.20. The van der Waals surface area contributed by atoms with Crippen LogP contribution < -0.4 is 20.1 Å². The normalized spacial score (nSPS) is 10.3. The number of hydrogen-bond donors (Lipinski definition) is 2. The van der Waals surface area contributed by atoms with Crippen molar-refractivity contribution in [2.24, 2.45) is 0 Å². The van der Waals surface area contributed by atoms with Crippen LogP contribution in [0.1, 0.15) is 21.6 Å². The third-order valence-corrected chi connectivity index (χ3v) is 4.42. The van der Waals surface area contributed by atoms with Crippen LogP contribution in [0.25, 0.3) is 0 Å². The third kappa shape index (κ3) is 4.20. The molecule has 1 amide bonds. The predicted molar refractivity (Wildman–Crippen MR) is 109 cm³/mol. The molecule has 3 aromatic rings. The number of carbonyl (C=O) groups excluding carboxylic acids is 1. The van der Waals surface area contributed by atoms with Gasteiger partial charge in [0.1, 0.15) is 11.5 Å². The summed E-state index contributed by atoms with van der Waals surface area (Å²) in [6.07, 6.45) is 0. The van der Waals surface area contributed by atoms with Gasteiger partial charge < -0.3 is 20.1 Å². The van der Waals surface area contributed by atoms with E-state index in [1.807, 2.05) is 32.0 Å². The number of aromatic nitrogens is 2. The summed E-state index contributed by atoms with van der Waals surface area (Å²) in [5, 5.41) is 14.1. The lowest BCUT2D eigenvalue weighted by molar-refractivity contribution is 0.102. The SMILES string of the molecule is COc1ccc(OC)c(NC(=O)c2ccc(Nc3cccc(C)c3C)nn2)c1. The molecule has 7 heteroatoms. The number of carbonyl (C=O) groups is 1. The summed E-state index contributed by atoms with van der Waals surface area (Å²) in [6, 6.07) is 14.5. The minimum atomic E-state index is -0.391. The zero-order chi connectivity index (χ0) is 20.1. The molecule has 0 aliphatic carbocycles. The van der Waals surface area contributed by atoms with Gasteiger partial charge >= 0.3 is 0 Å². The van der Waals surface area contributed by atoms with Gasteiger partial charge in [0.2, 0.25) is 0 Å². The lowest BCUT2D eigenvalue weighted by Gasteiger charge is -2.12. The van der Waals surface area contributed by atoms with Crippen molar-refractivity contribution in [3.63, 3.8) is 0 Å². The summed E-state index contributed by atoms with van der Waals surface area (Å²) in [7, 11) is 3.09. The highest BCUT2D eigenvalue weighted by Crippen LogP contribution is 2.29. The molecule has 0 aliphatic rings. The number of amides is 1. The molecule has 2 aromatic carbocycles. The average molecular weight is 378 g/mol. The number of hydrogen-bond acceptors (Lipinski definition) is 6. The second-order valence-corrected chi connectivity index (χ2v) is 6.20. The van der Waals surface area contributed by atoms with Gasteiger partial charge in [0.15, 0.2) is 11.5 Å². The number of methoxy groups -OCH3 is 2. The summed E-state index contributed by atoms with van der Waals surface area (Å²) in [4.78, 5) is 12.5. The Morgan fingerprint density at radius 1 is 0.929 bits per heavy atom. The Bertz CT molecular complexity index is 987. The molecule has 144 valence electrons. The van der Waals surface area contributed by atoms with E-state index in [4.69, 9.17) is 9.47 Å². The number of nitrogens with zero attached hydrogens (tertiary/aromatic N) is 2. The van der Waals surface area contributed by atoms with Gasteiger partial charge in [0.25, 0.3) is 5.91 Å². The fourth-order valence-electron chi connectivity index (χ4n) is 2.64. The van der Waals surface area contributed by atoms with Crippen LogP contribution in [0.4, 0.5) is 17.2 Å². The number of benzene rings is 2. The topological polar surface area (TPSA) is 85.4 Å². The molecule has 0 spiro atoms. The van der Waals surface area contributed by atoms with Gasteiger partial charge in [-0.3, -0.25) is 4.79 Å². The van der Waals surface area contributed by atoms with Crippen LogP contribution >= 0.6 is 0 Å². The molecule has 28 heavy (non-hydrogen) atoms. The fourth-order valence-corrected chi connectivity index (χ4v) is 2.64. The molecule has 1 aromatic heterocycles. The average Bonchev–Trinajstić information content (AvgIpc) is 2.71. The highest BCUT2D eigenvalue weighted by atomic mass is 16.5. The van der Waals surface area contributed by atoms with E-state index in [2.05, 4.69) is 20.8 Å². The quantitative estimate of drug-likeness (QED) is 0.671. The number of aryl methyl sites for hydroxylation is 1. The Balaban J connectivity index is 1.75. The predicted octanol–water partition coefficient (Wildman–Crippen LogP) is 4.11. The Hall–Kier alpha value is -3.61. The van der Waals surface area contributed by atoms with Crippen molar-refractivity contribution in [1.82, 2.24) is 10.2 Å². The molecular formula is C21H22N4O3. The van der Waals surface area contributed by atoms with Gasteiger partial charge in [0, 0.05) is 11.8 Å². The first-order chi connectivity index (χ1) is 13.5. The van der Waals surface area contributed by atoms with E-state index < -0.39 is 5.91 Å². The van der Waals surface area contributed by atoms with Crippen LogP contribution in [-0.4, -0.2) is 30.3 Å². The van der Waals surface area contributed by atoms with Crippen molar-refractivity contribution in [1.29, 1.82) is 0 Å². The standard InChI is InChI=1S/C21H22N4O3/c1-13-6-5-7-16(14(13)2)22-20-11-9-17(24-25-20)21(26)23-18-12-15(27-3)8-10-19(18)28-4/h5-12H,1-4H3,(H,22,25)(H,23,26). The van der Waals surface area contributed by atoms with Crippen LogP contribution in [0, 0.1) is 13.8 Å². The monoisotopic (exact) mass is 378 g/mol. The third-order valence-electron chi connectivity index (χ3n) is 4.42. The summed E-state index contributed by atoms with van der Waals surface area (Å²) in [5.41, 5.74) is 3.95. The van der Waals surface area contributed by atoms with Crippen molar-refractivity contribution in [2.45, 2.75) is 13.8 Å². The first kappa shape index (κ1) is 19.2. The van der Waals surface area contributed by atoms with E-state index in [0.29, 0.717) is 23.0 Å². The Kier molecular flexibility index (Phi) is 5.74. The van der Waals surface area contributed by atoms with Crippen molar-refractivity contribution < 1.29 is 14.3 Å². The molecule has 0 saturated carbocycles. The Morgan fingerprint density at radius 2 is 1.75 bits per heavy atom. The zero-order valence-corrected chi connectivity index (χ0v) is 16.2. The fraction of sp³-hybridized carbons (Fsp3) is 0.190. The molecule has 1 heterocycles. The van der Waals surface area contributed by atoms with Crippen LogP contribution in [0.5, 0.6) is 11.5 Å². The number of ether oxygens (including phenoxy) is 2. The first-order valence-corrected chi connectivity index (χ1v) is 8.72. The van der Waals surface area contributed by atoms with Crippen molar-refractivity contribution in [2.75, 3.05) is 24.9 Å². The smallest absolute Gasteiger partial charge is 0.276 e. The number of rotatable bonds is 6.